The number of thioether (sulfide) groups is 1. The van der Waals surface area contributed by atoms with Crippen LogP contribution in [-0.4, -0.2) is 40.3 Å². The zero-order valence-electron chi connectivity index (χ0n) is 13.4. The van der Waals surface area contributed by atoms with Crippen molar-refractivity contribution < 1.29 is 14.3 Å². The van der Waals surface area contributed by atoms with Gasteiger partial charge in [-0.3, -0.25) is 4.79 Å². The molecule has 0 amide bonds. The molecule has 2 rings (SSSR count). The van der Waals surface area contributed by atoms with Gasteiger partial charge in [-0.05, 0) is 30.2 Å². The lowest BCUT2D eigenvalue weighted by atomic mass is 10.2. The molecule has 0 spiro atoms. The standard InChI is InChI=1S/C15H20N4O3S/c1-10(2)8-22-13(20)9-23-15-18-17-14(19(15)16)11-4-6-12(21-3)7-5-11/h4-7,10H,8-9,16H2,1-3H3. The van der Waals surface area contributed by atoms with Crippen LogP contribution < -0.4 is 10.6 Å². The van der Waals surface area contributed by atoms with Crippen molar-refractivity contribution in [1.82, 2.24) is 14.9 Å². The number of methoxy groups -OCH3 is 1. The summed E-state index contributed by atoms with van der Waals surface area (Å²) in [6.07, 6.45) is 0. The van der Waals surface area contributed by atoms with Crippen molar-refractivity contribution in [3.63, 3.8) is 0 Å². The summed E-state index contributed by atoms with van der Waals surface area (Å²) in [5.41, 5.74) is 0.815. The summed E-state index contributed by atoms with van der Waals surface area (Å²) in [6, 6.07) is 7.33. The summed E-state index contributed by atoms with van der Waals surface area (Å²) in [7, 11) is 1.60. The number of nitrogens with two attached hydrogens (primary N) is 1. The minimum Gasteiger partial charge on any atom is -0.497 e. The van der Waals surface area contributed by atoms with Gasteiger partial charge < -0.3 is 15.3 Å². The minimum atomic E-state index is -0.294. The third kappa shape index (κ3) is 4.62. The molecule has 0 atom stereocenters. The molecule has 0 unspecified atom stereocenters. The third-order valence-electron chi connectivity index (χ3n) is 2.91. The molecule has 23 heavy (non-hydrogen) atoms. The second kappa shape index (κ2) is 7.87. The van der Waals surface area contributed by atoms with E-state index in [1.807, 2.05) is 38.1 Å². The molecule has 0 aliphatic rings. The van der Waals surface area contributed by atoms with E-state index in [4.69, 9.17) is 15.3 Å². The zero-order chi connectivity index (χ0) is 16.8. The Bertz CT molecular complexity index is 655. The number of carbonyl (C=O) groups excluding carboxylic acids is 1. The van der Waals surface area contributed by atoms with Crippen molar-refractivity contribution in [2.45, 2.75) is 19.0 Å². The number of nitrogen functional groups attached to an aromatic ring is 1. The smallest absolute Gasteiger partial charge is 0.316 e. The molecule has 7 nitrogen and oxygen atoms in total. The van der Waals surface area contributed by atoms with Crippen molar-refractivity contribution in [3.8, 4) is 17.1 Å². The average molecular weight is 336 g/mol. The Kier molecular flexibility index (Phi) is 5.86. The second-order valence-corrected chi connectivity index (χ2v) is 6.21. The van der Waals surface area contributed by atoms with Gasteiger partial charge in [-0.15, -0.1) is 10.2 Å². The summed E-state index contributed by atoms with van der Waals surface area (Å²) in [5.74, 6) is 7.43. The van der Waals surface area contributed by atoms with E-state index in [0.29, 0.717) is 23.5 Å². The Morgan fingerprint density at radius 1 is 1.30 bits per heavy atom. The molecular weight excluding hydrogens is 316 g/mol. The van der Waals surface area contributed by atoms with E-state index in [1.165, 1.54) is 16.4 Å². The monoisotopic (exact) mass is 336 g/mol. The van der Waals surface area contributed by atoms with Gasteiger partial charge in [-0.2, -0.15) is 0 Å². The first kappa shape index (κ1) is 17.1. The van der Waals surface area contributed by atoms with E-state index in [9.17, 15) is 4.79 Å². The predicted molar refractivity (Wildman–Crippen MR) is 88.7 cm³/mol. The Morgan fingerprint density at radius 2 is 2.00 bits per heavy atom. The molecule has 124 valence electrons. The summed E-state index contributed by atoms with van der Waals surface area (Å²) in [6.45, 7) is 4.38. The molecule has 2 N–H and O–H groups in total. The lowest BCUT2D eigenvalue weighted by Gasteiger charge is -2.07. The van der Waals surface area contributed by atoms with Crippen LogP contribution in [0.2, 0.25) is 0 Å². The van der Waals surface area contributed by atoms with Crippen LogP contribution in [0.4, 0.5) is 0 Å². The lowest BCUT2D eigenvalue weighted by molar-refractivity contribution is -0.141. The number of aromatic nitrogens is 3. The van der Waals surface area contributed by atoms with E-state index in [1.54, 1.807) is 7.11 Å². The first-order valence-electron chi connectivity index (χ1n) is 7.14. The van der Waals surface area contributed by atoms with Crippen molar-refractivity contribution in [3.05, 3.63) is 24.3 Å². The van der Waals surface area contributed by atoms with E-state index < -0.39 is 0 Å². The maximum absolute atomic E-state index is 11.6. The molecule has 0 bridgehead atoms. The second-order valence-electron chi connectivity index (χ2n) is 5.27. The Balaban J connectivity index is 2.00. The van der Waals surface area contributed by atoms with Gasteiger partial charge in [0, 0.05) is 5.56 Å². The van der Waals surface area contributed by atoms with E-state index in [-0.39, 0.29) is 11.7 Å². The van der Waals surface area contributed by atoms with Crippen LogP contribution in [-0.2, 0) is 9.53 Å². The van der Waals surface area contributed by atoms with Crippen LogP contribution in [0.5, 0.6) is 5.75 Å². The molecule has 1 aromatic carbocycles. The molecule has 1 heterocycles. The number of benzene rings is 1. The molecule has 8 heteroatoms. The fraction of sp³-hybridized carbons (Fsp3) is 0.400. The highest BCUT2D eigenvalue weighted by Gasteiger charge is 2.14. The summed E-state index contributed by atoms with van der Waals surface area (Å²) in [4.78, 5) is 11.6. The van der Waals surface area contributed by atoms with Crippen LogP contribution >= 0.6 is 11.8 Å². The maximum atomic E-state index is 11.6. The summed E-state index contributed by atoms with van der Waals surface area (Å²) < 4.78 is 11.6. The predicted octanol–water partition coefficient (Wildman–Crippen LogP) is 1.96. The number of esters is 1. The minimum absolute atomic E-state index is 0.144. The van der Waals surface area contributed by atoms with Crippen LogP contribution in [0.25, 0.3) is 11.4 Å². The van der Waals surface area contributed by atoms with Gasteiger partial charge in [0.1, 0.15) is 5.75 Å². The van der Waals surface area contributed by atoms with Crippen molar-refractivity contribution in [1.29, 1.82) is 0 Å². The largest absolute Gasteiger partial charge is 0.497 e. The molecule has 0 fully saturated rings. The number of carbonyl (C=O) groups is 1. The Labute approximate surface area is 139 Å². The van der Waals surface area contributed by atoms with Gasteiger partial charge in [-0.1, -0.05) is 25.6 Å². The van der Waals surface area contributed by atoms with Gasteiger partial charge in [0.25, 0.3) is 0 Å². The fourth-order valence-electron chi connectivity index (χ4n) is 1.74. The molecule has 0 saturated carbocycles. The van der Waals surface area contributed by atoms with Gasteiger partial charge in [0.15, 0.2) is 5.82 Å². The molecule has 0 aliphatic heterocycles. The van der Waals surface area contributed by atoms with Crippen LogP contribution in [0.3, 0.4) is 0 Å². The highest BCUT2D eigenvalue weighted by Crippen LogP contribution is 2.23. The number of rotatable bonds is 7. The zero-order valence-corrected chi connectivity index (χ0v) is 14.2. The molecule has 0 aliphatic carbocycles. The number of hydrogen-bond acceptors (Lipinski definition) is 7. The topological polar surface area (TPSA) is 92.3 Å². The lowest BCUT2D eigenvalue weighted by Crippen LogP contribution is -2.14. The fourth-order valence-corrected chi connectivity index (χ4v) is 2.39. The first-order valence-corrected chi connectivity index (χ1v) is 8.13. The molecular formula is C15H20N4O3S. The van der Waals surface area contributed by atoms with Crippen LogP contribution in [0, 0.1) is 5.92 Å². The molecule has 0 saturated heterocycles. The van der Waals surface area contributed by atoms with E-state index in [2.05, 4.69) is 10.2 Å². The normalized spacial score (nSPS) is 10.8. The van der Waals surface area contributed by atoms with Crippen LogP contribution in [0.15, 0.2) is 29.4 Å². The number of nitrogens with zero attached hydrogens (tertiary/aromatic N) is 3. The van der Waals surface area contributed by atoms with Crippen molar-refractivity contribution in [2.75, 3.05) is 25.3 Å². The molecule has 1 aromatic heterocycles. The first-order chi connectivity index (χ1) is 11.0. The molecule has 0 radical (unpaired) electrons. The highest BCUT2D eigenvalue weighted by atomic mass is 32.2. The van der Waals surface area contributed by atoms with Gasteiger partial charge in [0.2, 0.25) is 5.16 Å². The number of hydrogen-bond donors (Lipinski definition) is 1. The summed E-state index contributed by atoms with van der Waals surface area (Å²) in [5, 5.41) is 8.54. The van der Waals surface area contributed by atoms with Crippen LogP contribution in [0.1, 0.15) is 13.8 Å². The van der Waals surface area contributed by atoms with Gasteiger partial charge in [-0.25, -0.2) is 4.68 Å². The quantitative estimate of drug-likeness (QED) is 0.469. The molecule has 2 aromatic rings. The van der Waals surface area contributed by atoms with Crippen molar-refractivity contribution in [2.24, 2.45) is 5.92 Å². The third-order valence-corrected chi connectivity index (χ3v) is 3.83. The Hall–Kier alpha value is -2.22. The van der Waals surface area contributed by atoms with E-state index in [0.717, 1.165) is 11.3 Å². The maximum Gasteiger partial charge on any atom is 0.316 e. The van der Waals surface area contributed by atoms with Gasteiger partial charge in [0.05, 0.1) is 19.5 Å². The van der Waals surface area contributed by atoms with Crippen molar-refractivity contribution >= 4 is 17.7 Å². The van der Waals surface area contributed by atoms with Gasteiger partial charge >= 0.3 is 5.97 Å². The Morgan fingerprint density at radius 3 is 2.61 bits per heavy atom. The SMILES string of the molecule is COc1ccc(-c2nnc(SCC(=O)OCC(C)C)n2N)cc1. The summed E-state index contributed by atoms with van der Waals surface area (Å²) >= 11 is 1.20. The van der Waals surface area contributed by atoms with E-state index >= 15 is 0 Å². The average Bonchev–Trinajstić information content (AvgIpc) is 2.92. The number of ether oxygens (including phenoxy) is 2. The highest BCUT2D eigenvalue weighted by molar-refractivity contribution is 7.99.